The Bertz CT molecular complexity index is 297. The number of ether oxygens (including phenoxy) is 3. The first-order valence-corrected chi connectivity index (χ1v) is 5.90. The van der Waals surface area contributed by atoms with Crippen LogP contribution in [0.3, 0.4) is 0 Å². The predicted molar refractivity (Wildman–Crippen MR) is 60.1 cm³/mol. The molecule has 5 heteroatoms. The van der Waals surface area contributed by atoms with Gasteiger partial charge in [0.1, 0.15) is 0 Å². The Balaban J connectivity index is 2.41. The van der Waals surface area contributed by atoms with E-state index in [0.29, 0.717) is 19.4 Å². The second-order valence-corrected chi connectivity index (χ2v) is 4.79. The van der Waals surface area contributed by atoms with Gasteiger partial charge in [0.2, 0.25) is 6.29 Å². The molecule has 17 heavy (non-hydrogen) atoms. The van der Waals surface area contributed by atoms with Crippen LogP contribution in [-0.4, -0.2) is 30.9 Å². The summed E-state index contributed by atoms with van der Waals surface area (Å²) in [7, 11) is 0. The normalized spacial score (nSPS) is 22.1. The van der Waals surface area contributed by atoms with Crippen molar-refractivity contribution < 1.29 is 23.8 Å². The van der Waals surface area contributed by atoms with Crippen molar-refractivity contribution in [2.45, 2.75) is 52.9 Å². The molecule has 0 radical (unpaired) electrons. The number of rotatable bonds is 5. The van der Waals surface area contributed by atoms with Crippen LogP contribution in [0.4, 0.5) is 0 Å². The third-order valence-corrected chi connectivity index (χ3v) is 2.95. The predicted octanol–water partition coefficient (Wildman–Crippen LogP) is 1.64. The van der Waals surface area contributed by atoms with Gasteiger partial charge in [-0.2, -0.15) is 0 Å². The molecule has 2 atom stereocenters. The van der Waals surface area contributed by atoms with Gasteiger partial charge in [-0.15, -0.1) is 0 Å². The Morgan fingerprint density at radius 2 is 2.24 bits per heavy atom. The van der Waals surface area contributed by atoms with E-state index in [1.165, 1.54) is 0 Å². The standard InChI is InChI=1S/C12H20O5/c1-5-12(3,4)11(14)17-8(2)16-9-6-7-15-10(9)13/h8-9H,5-7H2,1-4H3. The van der Waals surface area contributed by atoms with E-state index in [1.807, 2.05) is 20.8 Å². The molecule has 0 amide bonds. The molecule has 1 heterocycles. The fourth-order valence-corrected chi connectivity index (χ4v) is 1.31. The lowest BCUT2D eigenvalue weighted by Crippen LogP contribution is -2.33. The average molecular weight is 244 g/mol. The Hall–Kier alpha value is -1.10. The van der Waals surface area contributed by atoms with Crippen molar-refractivity contribution in [1.82, 2.24) is 0 Å². The minimum atomic E-state index is -0.732. The lowest BCUT2D eigenvalue weighted by Gasteiger charge is -2.24. The quantitative estimate of drug-likeness (QED) is 0.543. The van der Waals surface area contributed by atoms with E-state index in [4.69, 9.17) is 14.2 Å². The fraction of sp³-hybridized carbons (Fsp3) is 0.833. The zero-order valence-electron chi connectivity index (χ0n) is 10.8. The molecule has 0 spiro atoms. The highest BCUT2D eigenvalue weighted by molar-refractivity contribution is 5.77. The van der Waals surface area contributed by atoms with Crippen LogP contribution >= 0.6 is 0 Å². The fourth-order valence-electron chi connectivity index (χ4n) is 1.31. The highest BCUT2D eigenvalue weighted by atomic mass is 16.7. The lowest BCUT2D eigenvalue weighted by molar-refractivity contribution is -0.196. The maximum absolute atomic E-state index is 11.7. The highest BCUT2D eigenvalue weighted by Crippen LogP contribution is 2.23. The monoisotopic (exact) mass is 244 g/mol. The van der Waals surface area contributed by atoms with Gasteiger partial charge in [0, 0.05) is 6.42 Å². The van der Waals surface area contributed by atoms with Crippen LogP contribution in [0.15, 0.2) is 0 Å². The first-order chi connectivity index (χ1) is 7.86. The molecule has 1 rings (SSSR count). The summed E-state index contributed by atoms with van der Waals surface area (Å²) in [5.41, 5.74) is -0.534. The molecule has 0 aromatic carbocycles. The first kappa shape index (κ1) is 14.0. The van der Waals surface area contributed by atoms with Crippen LogP contribution in [0, 0.1) is 5.41 Å². The molecule has 0 saturated carbocycles. The smallest absolute Gasteiger partial charge is 0.335 e. The van der Waals surface area contributed by atoms with Gasteiger partial charge in [-0.3, -0.25) is 4.79 Å². The van der Waals surface area contributed by atoms with Crippen LogP contribution in [0.2, 0.25) is 0 Å². The van der Waals surface area contributed by atoms with Gasteiger partial charge in [0.05, 0.1) is 12.0 Å². The zero-order chi connectivity index (χ0) is 13.1. The number of cyclic esters (lactones) is 1. The molecule has 1 aliphatic rings. The number of esters is 2. The lowest BCUT2D eigenvalue weighted by atomic mass is 9.91. The SMILES string of the molecule is CCC(C)(C)C(=O)OC(C)OC1CCOC1=O. The van der Waals surface area contributed by atoms with Crippen molar-refractivity contribution in [3.05, 3.63) is 0 Å². The number of hydrogen-bond acceptors (Lipinski definition) is 5. The first-order valence-electron chi connectivity index (χ1n) is 5.90. The Morgan fingerprint density at radius 3 is 2.71 bits per heavy atom. The van der Waals surface area contributed by atoms with Crippen molar-refractivity contribution in [1.29, 1.82) is 0 Å². The summed E-state index contributed by atoms with van der Waals surface area (Å²) in [6, 6.07) is 0. The summed E-state index contributed by atoms with van der Waals surface area (Å²) in [5, 5.41) is 0. The Morgan fingerprint density at radius 1 is 1.59 bits per heavy atom. The Labute approximate surface area is 101 Å². The van der Waals surface area contributed by atoms with Crippen LogP contribution < -0.4 is 0 Å². The molecule has 0 aromatic heterocycles. The van der Waals surface area contributed by atoms with Crippen LogP contribution in [-0.2, 0) is 23.8 Å². The number of carbonyl (C=O) groups is 2. The number of carbonyl (C=O) groups excluding carboxylic acids is 2. The molecule has 0 bridgehead atoms. The molecular formula is C12H20O5. The highest BCUT2D eigenvalue weighted by Gasteiger charge is 2.32. The van der Waals surface area contributed by atoms with Crippen LogP contribution in [0.1, 0.15) is 40.5 Å². The minimum Gasteiger partial charge on any atom is -0.464 e. The maximum Gasteiger partial charge on any atom is 0.335 e. The average Bonchev–Trinajstić information content (AvgIpc) is 2.64. The summed E-state index contributed by atoms with van der Waals surface area (Å²) in [6.07, 6.45) is -0.145. The molecule has 5 nitrogen and oxygen atoms in total. The van der Waals surface area contributed by atoms with Gasteiger partial charge in [0.25, 0.3) is 0 Å². The molecule has 0 aromatic rings. The largest absolute Gasteiger partial charge is 0.464 e. The molecular weight excluding hydrogens is 224 g/mol. The maximum atomic E-state index is 11.7. The van der Waals surface area contributed by atoms with Crippen LogP contribution in [0.25, 0.3) is 0 Å². The second kappa shape index (κ2) is 5.49. The van der Waals surface area contributed by atoms with E-state index in [2.05, 4.69) is 0 Å². The molecule has 1 fully saturated rings. The summed E-state index contributed by atoms with van der Waals surface area (Å²) in [6.45, 7) is 7.51. The van der Waals surface area contributed by atoms with Gasteiger partial charge >= 0.3 is 11.9 Å². The van der Waals surface area contributed by atoms with Crippen molar-refractivity contribution in [2.24, 2.45) is 5.41 Å². The summed E-state index contributed by atoms with van der Waals surface area (Å²) in [4.78, 5) is 22.9. The summed E-state index contributed by atoms with van der Waals surface area (Å²) in [5.74, 6) is -0.707. The number of hydrogen-bond donors (Lipinski definition) is 0. The van der Waals surface area contributed by atoms with Crippen molar-refractivity contribution in [2.75, 3.05) is 6.61 Å². The van der Waals surface area contributed by atoms with E-state index in [-0.39, 0.29) is 11.9 Å². The van der Waals surface area contributed by atoms with E-state index in [0.717, 1.165) is 0 Å². The molecule has 98 valence electrons. The molecule has 0 aliphatic carbocycles. The topological polar surface area (TPSA) is 61.8 Å². The molecule has 2 unspecified atom stereocenters. The zero-order valence-corrected chi connectivity index (χ0v) is 10.8. The van der Waals surface area contributed by atoms with Crippen molar-refractivity contribution in [3.63, 3.8) is 0 Å². The second-order valence-electron chi connectivity index (χ2n) is 4.79. The molecule has 1 aliphatic heterocycles. The Kier molecular flexibility index (Phi) is 4.51. The van der Waals surface area contributed by atoms with E-state index >= 15 is 0 Å². The van der Waals surface area contributed by atoms with Gasteiger partial charge in [-0.05, 0) is 27.2 Å². The van der Waals surface area contributed by atoms with E-state index in [1.54, 1.807) is 6.92 Å². The van der Waals surface area contributed by atoms with E-state index in [9.17, 15) is 9.59 Å². The summed E-state index contributed by atoms with van der Waals surface area (Å²) < 4.78 is 15.2. The van der Waals surface area contributed by atoms with Gasteiger partial charge in [-0.25, -0.2) is 4.79 Å². The molecule has 0 N–H and O–H groups in total. The third kappa shape index (κ3) is 3.70. The van der Waals surface area contributed by atoms with Crippen molar-refractivity contribution in [3.8, 4) is 0 Å². The van der Waals surface area contributed by atoms with Gasteiger partial charge in [-0.1, -0.05) is 6.92 Å². The summed E-state index contributed by atoms with van der Waals surface area (Å²) >= 11 is 0. The van der Waals surface area contributed by atoms with Crippen molar-refractivity contribution >= 4 is 11.9 Å². The molecule has 1 saturated heterocycles. The van der Waals surface area contributed by atoms with E-state index < -0.39 is 17.8 Å². The third-order valence-electron chi connectivity index (χ3n) is 2.95. The van der Waals surface area contributed by atoms with Gasteiger partial charge < -0.3 is 14.2 Å². The minimum absolute atomic E-state index is 0.320. The van der Waals surface area contributed by atoms with Gasteiger partial charge in [0.15, 0.2) is 6.10 Å². The van der Waals surface area contributed by atoms with Crippen LogP contribution in [0.5, 0.6) is 0 Å².